The van der Waals surface area contributed by atoms with Crippen LogP contribution in [0, 0.1) is 0 Å². The molecule has 0 aromatic heterocycles. The molecule has 0 bridgehead atoms. The number of benzene rings is 1. The predicted molar refractivity (Wildman–Crippen MR) is 80.5 cm³/mol. The van der Waals surface area contributed by atoms with Crippen LogP contribution in [0.4, 0.5) is 0 Å². The molecule has 0 aliphatic rings. The average Bonchev–Trinajstić information content (AvgIpc) is 2.29. The second-order valence-corrected chi connectivity index (χ2v) is 6.07. The lowest BCUT2D eigenvalue weighted by molar-refractivity contribution is 0.472. The summed E-state index contributed by atoms with van der Waals surface area (Å²) >= 11 is 14.0. The summed E-state index contributed by atoms with van der Waals surface area (Å²) in [5.41, 5.74) is 1.06. The van der Waals surface area contributed by atoms with Crippen molar-refractivity contribution in [2.45, 2.75) is 32.4 Å². The second-order valence-electron chi connectivity index (χ2n) is 4.24. The first-order valence-corrected chi connectivity index (χ1v) is 7.89. The quantitative estimate of drug-likeness (QED) is 0.809. The molecule has 0 aliphatic carbocycles. The highest BCUT2D eigenvalue weighted by Gasteiger charge is 2.12. The van der Waals surface area contributed by atoms with Crippen molar-refractivity contribution in [1.82, 2.24) is 5.32 Å². The van der Waals surface area contributed by atoms with Gasteiger partial charge in [0.2, 0.25) is 0 Å². The van der Waals surface area contributed by atoms with Gasteiger partial charge >= 0.3 is 0 Å². The monoisotopic (exact) mass is 291 g/mol. The third kappa shape index (κ3) is 5.09. The third-order valence-electron chi connectivity index (χ3n) is 2.71. The Bertz CT molecular complexity index is 357. The van der Waals surface area contributed by atoms with E-state index in [1.807, 2.05) is 30.0 Å². The van der Waals surface area contributed by atoms with Crippen molar-refractivity contribution in [3.63, 3.8) is 0 Å². The Labute approximate surface area is 118 Å². The van der Waals surface area contributed by atoms with E-state index in [1.54, 1.807) is 0 Å². The van der Waals surface area contributed by atoms with Gasteiger partial charge in [-0.1, -0.05) is 23.2 Å². The van der Waals surface area contributed by atoms with Crippen molar-refractivity contribution < 1.29 is 0 Å². The van der Waals surface area contributed by atoms with Gasteiger partial charge in [-0.3, -0.25) is 0 Å². The van der Waals surface area contributed by atoms with E-state index >= 15 is 0 Å². The smallest absolute Gasteiger partial charge is 0.0454 e. The van der Waals surface area contributed by atoms with Crippen molar-refractivity contribution in [2.75, 3.05) is 12.0 Å². The summed E-state index contributed by atoms with van der Waals surface area (Å²) < 4.78 is 0. The third-order valence-corrected chi connectivity index (χ3v) is 3.94. The molecule has 1 N–H and O–H groups in total. The minimum atomic E-state index is 0.220. The summed E-state index contributed by atoms with van der Waals surface area (Å²) in [5, 5.41) is 5.04. The summed E-state index contributed by atoms with van der Waals surface area (Å²) in [4.78, 5) is 0. The minimum absolute atomic E-state index is 0.220. The van der Waals surface area contributed by atoms with Gasteiger partial charge in [-0.25, -0.2) is 0 Å². The van der Waals surface area contributed by atoms with Crippen LogP contribution in [0.5, 0.6) is 0 Å². The van der Waals surface area contributed by atoms with E-state index in [2.05, 4.69) is 25.4 Å². The maximum atomic E-state index is 6.18. The van der Waals surface area contributed by atoms with E-state index in [0.717, 1.165) is 22.0 Å². The van der Waals surface area contributed by atoms with Crippen LogP contribution in [0.3, 0.4) is 0 Å². The molecule has 1 rings (SSSR count). The van der Waals surface area contributed by atoms with E-state index in [1.165, 1.54) is 5.75 Å². The normalized spacial score (nSPS) is 14.6. The molecule has 2 unspecified atom stereocenters. The fourth-order valence-corrected chi connectivity index (χ4v) is 2.79. The van der Waals surface area contributed by atoms with Crippen molar-refractivity contribution in [3.05, 3.63) is 33.8 Å². The molecule has 0 spiro atoms. The Morgan fingerprint density at radius 3 is 2.65 bits per heavy atom. The minimum Gasteiger partial charge on any atom is -0.308 e. The molecule has 1 nitrogen and oxygen atoms in total. The summed E-state index contributed by atoms with van der Waals surface area (Å²) in [6.07, 6.45) is 3.29. The van der Waals surface area contributed by atoms with Crippen LogP contribution in [0.2, 0.25) is 10.0 Å². The molecule has 96 valence electrons. The van der Waals surface area contributed by atoms with Crippen LogP contribution in [0.15, 0.2) is 18.2 Å². The summed E-state index contributed by atoms with van der Waals surface area (Å²) in [6.45, 7) is 4.32. The molecule has 0 radical (unpaired) electrons. The van der Waals surface area contributed by atoms with E-state index in [-0.39, 0.29) is 6.04 Å². The second kappa shape index (κ2) is 7.52. The Morgan fingerprint density at radius 1 is 1.29 bits per heavy atom. The zero-order chi connectivity index (χ0) is 12.8. The van der Waals surface area contributed by atoms with Crippen LogP contribution in [-0.4, -0.2) is 18.1 Å². The van der Waals surface area contributed by atoms with Gasteiger partial charge in [-0.15, -0.1) is 0 Å². The first kappa shape index (κ1) is 15.2. The van der Waals surface area contributed by atoms with Crippen LogP contribution in [0.1, 0.15) is 31.9 Å². The van der Waals surface area contributed by atoms with E-state index in [0.29, 0.717) is 6.04 Å². The first-order valence-electron chi connectivity index (χ1n) is 5.74. The van der Waals surface area contributed by atoms with Gasteiger partial charge in [0, 0.05) is 22.1 Å². The molecule has 1 aromatic carbocycles. The number of thioether (sulfide) groups is 1. The first-order chi connectivity index (χ1) is 8.04. The molecule has 0 saturated heterocycles. The fraction of sp³-hybridized carbons (Fsp3) is 0.538. The van der Waals surface area contributed by atoms with Crippen molar-refractivity contribution in [2.24, 2.45) is 0 Å². The lowest BCUT2D eigenvalue weighted by Crippen LogP contribution is -2.29. The highest BCUT2D eigenvalue weighted by Crippen LogP contribution is 2.26. The van der Waals surface area contributed by atoms with Crippen LogP contribution in [0.25, 0.3) is 0 Å². The maximum absolute atomic E-state index is 6.18. The van der Waals surface area contributed by atoms with Crippen LogP contribution >= 0.6 is 35.0 Å². The molecule has 1 aromatic rings. The Kier molecular flexibility index (Phi) is 6.71. The molecule has 0 heterocycles. The molecule has 2 atom stereocenters. The number of hydrogen-bond acceptors (Lipinski definition) is 2. The van der Waals surface area contributed by atoms with Gasteiger partial charge in [0.05, 0.1) is 0 Å². The number of nitrogens with one attached hydrogen (secondary N) is 1. The topological polar surface area (TPSA) is 12.0 Å². The molecule has 0 amide bonds. The molecular formula is C13H19Cl2NS. The Hall–Kier alpha value is 0.110. The summed E-state index contributed by atoms with van der Waals surface area (Å²) in [5.74, 6) is 1.17. The van der Waals surface area contributed by atoms with Gasteiger partial charge in [0.25, 0.3) is 0 Å². The molecular weight excluding hydrogens is 273 g/mol. The van der Waals surface area contributed by atoms with Crippen molar-refractivity contribution in [1.29, 1.82) is 0 Å². The molecule has 0 saturated carbocycles. The number of hydrogen-bond donors (Lipinski definition) is 1. The van der Waals surface area contributed by atoms with E-state index in [9.17, 15) is 0 Å². The Morgan fingerprint density at radius 2 is 2.00 bits per heavy atom. The van der Waals surface area contributed by atoms with Crippen LogP contribution in [-0.2, 0) is 0 Å². The zero-order valence-corrected chi connectivity index (χ0v) is 12.8. The van der Waals surface area contributed by atoms with E-state index in [4.69, 9.17) is 23.2 Å². The fourth-order valence-electron chi connectivity index (χ4n) is 1.74. The number of halogens is 2. The van der Waals surface area contributed by atoms with Crippen molar-refractivity contribution in [3.8, 4) is 0 Å². The maximum Gasteiger partial charge on any atom is 0.0454 e. The van der Waals surface area contributed by atoms with Crippen molar-refractivity contribution >= 4 is 35.0 Å². The highest BCUT2D eigenvalue weighted by atomic mass is 35.5. The van der Waals surface area contributed by atoms with E-state index < -0.39 is 0 Å². The molecule has 17 heavy (non-hydrogen) atoms. The highest BCUT2D eigenvalue weighted by molar-refractivity contribution is 7.98. The number of rotatable bonds is 6. The largest absolute Gasteiger partial charge is 0.308 e. The average molecular weight is 292 g/mol. The summed E-state index contributed by atoms with van der Waals surface area (Å²) in [6, 6.07) is 6.30. The van der Waals surface area contributed by atoms with Gasteiger partial charge in [0.15, 0.2) is 0 Å². The van der Waals surface area contributed by atoms with Gasteiger partial charge in [0.1, 0.15) is 0 Å². The van der Waals surface area contributed by atoms with Crippen LogP contribution < -0.4 is 5.32 Å². The van der Waals surface area contributed by atoms with Gasteiger partial charge in [-0.05, 0) is 56.0 Å². The summed E-state index contributed by atoms with van der Waals surface area (Å²) in [7, 11) is 0. The lowest BCUT2D eigenvalue weighted by Gasteiger charge is -2.21. The zero-order valence-electron chi connectivity index (χ0n) is 10.5. The lowest BCUT2D eigenvalue weighted by atomic mass is 10.1. The SMILES string of the molecule is CSCCC(C)NC(C)c1cc(Cl)ccc1Cl. The standard InChI is InChI=1S/C13H19Cl2NS/c1-9(6-7-17-3)16-10(2)12-8-11(14)4-5-13(12)15/h4-5,8-10,16H,6-7H2,1-3H3. The van der Waals surface area contributed by atoms with Gasteiger partial charge in [-0.2, -0.15) is 11.8 Å². The van der Waals surface area contributed by atoms with Gasteiger partial charge < -0.3 is 5.32 Å². The Balaban J connectivity index is 2.62. The molecule has 4 heteroatoms. The predicted octanol–water partition coefficient (Wildman–Crippen LogP) is 4.79. The molecule has 0 fully saturated rings. The molecule has 0 aliphatic heterocycles.